The molecule has 1 aromatic heterocycles. The molecule has 2 aliphatic rings. The van der Waals surface area contributed by atoms with Crippen LogP contribution in [0.4, 0.5) is 11.5 Å². The molecule has 2 N–H and O–H groups in total. The summed E-state index contributed by atoms with van der Waals surface area (Å²) in [6.07, 6.45) is 12.3. The molecule has 1 aromatic carbocycles. The van der Waals surface area contributed by atoms with Crippen molar-refractivity contribution in [2.24, 2.45) is 5.92 Å². The average Bonchev–Trinajstić information content (AvgIpc) is 3.20. The van der Waals surface area contributed by atoms with Crippen molar-refractivity contribution >= 4 is 17.4 Å². The van der Waals surface area contributed by atoms with Gasteiger partial charge in [-0.25, -0.2) is 4.68 Å². The van der Waals surface area contributed by atoms with Crippen LogP contribution >= 0.6 is 0 Å². The Labute approximate surface area is 210 Å². The normalized spacial score (nSPS) is 20.8. The smallest absolute Gasteiger partial charge is 0.257 e. The highest BCUT2D eigenvalue weighted by molar-refractivity contribution is 6.00. The van der Waals surface area contributed by atoms with E-state index in [1.54, 1.807) is 0 Å². The van der Waals surface area contributed by atoms with E-state index in [4.69, 9.17) is 5.10 Å². The van der Waals surface area contributed by atoms with E-state index in [-0.39, 0.29) is 17.5 Å². The number of hydrogen-bond donors (Lipinski definition) is 2. The molecular formula is C29H41N5O. The fraction of sp³-hybridized carbons (Fsp3) is 0.517. The molecule has 1 aliphatic heterocycles. The van der Waals surface area contributed by atoms with Crippen molar-refractivity contribution in [3.05, 3.63) is 65.4 Å². The van der Waals surface area contributed by atoms with Crippen LogP contribution in [0.3, 0.4) is 0 Å². The first-order valence-corrected chi connectivity index (χ1v) is 12.9. The highest BCUT2D eigenvalue weighted by Crippen LogP contribution is 2.39. The largest absolute Gasteiger partial charge is 0.378 e. The monoisotopic (exact) mass is 475 g/mol. The van der Waals surface area contributed by atoms with Gasteiger partial charge in [0.1, 0.15) is 11.4 Å². The number of nitrogens with one attached hydrogen (secondary N) is 2. The highest BCUT2D eigenvalue weighted by Gasteiger charge is 2.40. The van der Waals surface area contributed by atoms with Crippen LogP contribution in [0, 0.1) is 12.8 Å². The van der Waals surface area contributed by atoms with Crippen molar-refractivity contribution in [1.29, 1.82) is 0 Å². The van der Waals surface area contributed by atoms with Crippen LogP contribution in [0.2, 0.25) is 0 Å². The summed E-state index contributed by atoms with van der Waals surface area (Å²) in [6.45, 7) is 10.7. The van der Waals surface area contributed by atoms with Crippen molar-refractivity contribution in [3.63, 3.8) is 0 Å². The number of benzene rings is 1. The molecule has 2 atom stereocenters. The number of carbonyl (C=O) groups excluding carboxylic acids is 1. The lowest BCUT2D eigenvalue weighted by atomic mass is 9.82. The predicted octanol–water partition coefficient (Wildman–Crippen LogP) is 5.75. The van der Waals surface area contributed by atoms with Crippen LogP contribution in [0.25, 0.3) is 0 Å². The molecule has 0 spiro atoms. The maximum Gasteiger partial charge on any atom is 0.257 e. The van der Waals surface area contributed by atoms with Crippen molar-refractivity contribution in [2.75, 3.05) is 24.3 Å². The highest BCUT2D eigenvalue weighted by atomic mass is 16.2. The third-order valence-corrected chi connectivity index (χ3v) is 7.93. The lowest BCUT2D eigenvalue weighted by molar-refractivity contribution is 0.0889. The van der Waals surface area contributed by atoms with Gasteiger partial charge in [-0.15, -0.1) is 0 Å². The molecule has 6 nitrogen and oxygen atoms in total. The number of hydrogen-bond acceptors (Lipinski definition) is 4. The average molecular weight is 476 g/mol. The first kappa shape index (κ1) is 25.1. The molecule has 6 heteroatoms. The lowest BCUT2D eigenvalue weighted by Crippen LogP contribution is -2.47. The summed E-state index contributed by atoms with van der Waals surface area (Å²) in [5.41, 5.74) is 3.08. The predicted molar refractivity (Wildman–Crippen MR) is 145 cm³/mol. The zero-order valence-corrected chi connectivity index (χ0v) is 22.4. The minimum atomic E-state index is -0.441. The van der Waals surface area contributed by atoms with Gasteiger partial charge in [-0.05, 0) is 64.2 Å². The molecule has 0 bridgehead atoms. The number of allylic oxidation sites excluding steroid dienone is 3. The quantitative estimate of drug-likeness (QED) is 0.535. The number of carbonyl (C=O) groups is 1. The number of amides is 1. The van der Waals surface area contributed by atoms with E-state index in [1.807, 2.05) is 25.7 Å². The zero-order chi connectivity index (χ0) is 25.4. The third-order valence-electron chi connectivity index (χ3n) is 7.93. The van der Waals surface area contributed by atoms with Gasteiger partial charge in [0, 0.05) is 31.7 Å². The molecule has 1 amide bonds. The van der Waals surface area contributed by atoms with Gasteiger partial charge >= 0.3 is 0 Å². The van der Waals surface area contributed by atoms with Crippen LogP contribution in [0.5, 0.6) is 0 Å². The van der Waals surface area contributed by atoms with E-state index in [9.17, 15) is 4.79 Å². The van der Waals surface area contributed by atoms with Gasteiger partial charge in [0.25, 0.3) is 5.91 Å². The van der Waals surface area contributed by atoms with E-state index < -0.39 is 5.54 Å². The van der Waals surface area contributed by atoms with E-state index in [0.29, 0.717) is 11.5 Å². The van der Waals surface area contributed by atoms with E-state index >= 15 is 0 Å². The van der Waals surface area contributed by atoms with Crippen LogP contribution in [0.1, 0.15) is 75.0 Å². The molecule has 2 aromatic rings. The van der Waals surface area contributed by atoms with Gasteiger partial charge in [-0.3, -0.25) is 4.79 Å². The van der Waals surface area contributed by atoms with Gasteiger partial charge < -0.3 is 15.5 Å². The number of nitrogens with zero attached hydrogens (tertiary/aromatic N) is 3. The Hall–Kier alpha value is -3.02. The Morgan fingerprint density at radius 2 is 1.89 bits per heavy atom. The summed E-state index contributed by atoms with van der Waals surface area (Å²) in [5.74, 6) is 1.18. The summed E-state index contributed by atoms with van der Waals surface area (Å²) in [7, 11) is 4.08. The second kappa shape index (κ2) is 9.56. The summed E-state index contributed by atoms with van der Waals surface area (Å²) in [6, 6.07) is 8.78. The Morgan fingerprint density at radius 3 is 2.46 bits per heavy atom. The zero-order valence-electron chi connectivity index (χ0n) is 22.4. The maximum atomic E-state index is 13.9. The minimum Gasteiger partial charge on any atom is -0.378 e. The summed E-state index contributed by atoms with van der Waals surface area (Å²) in [4.78, 5) is 16.0. The molecule has 0 saturated heterocycles. The molecule has 35 heavy (non-hydrogen) atoms. The Kier molecular flexibility index (Phi) is 6.85. The number of anilines is 2. The SMILES string of the molecule is CCC(CC)(NC(=O)c1c(C)nn2c1N[C@@H](C1C=CC=CC1)CC2(C)C)c1ccc(N(C)C)cc1. The number of aryl methyl sites for hydroxylation is 1. The lowest BCUT2D eigenvalue weighted by Gasteiger charge is -2.41. The molecule has 4 rings (SSSR count). The fourth-order valence-electron chi connectivity index (χ4n) is 5.64. The standard InChI is InChI=1S/C29H41N5O/c1-8-29(9-2,22-15-17-23(18-16-22)33(6)7)31-27(35)25-20(3)32-34-26(25)30-24(19-28(34,4)5)21-13-11-10-12-14-21/h10-13,15-18,21,24,30H,8-9,14,19H2,1-7H3,(H,31,35)/t21?,24-/m1/s1. The molecule has 1 aliphatic carbocycles. The van der Waals surface area contributed by atoms with Crippen LogP contribution in [-0.2, 0) is 11.1 Å². The van der Waals surface area contributed by atoms with Crippen LogP contribution < -0.4 is 15.5 Å². The molecule has 1 unspecified atom stereocenters. The minimum absolute atomic E-state index is 0.0628. The van der Waals surface area contributed by atoms with E-state index in [2.05, 4.69) is 91.8 Å². The van der Waals surface area contributed by atoms with Crippen molar-refractivity contribution in [3.8, 4) is 0 Å². The van der Waals surface area contributed by atoms with Gasteiger partial charge in [0.05, 0.1) is 16.8 Å². The Morgan fingerprint density at radius 1 is 1.20 bits per heavy atom. The molecule has 0 radical (unpaired) electrons. The number of fused-ring (bicyclic) bond motifs is 1. The molecule has 188 valence electrons. The van der Waals surface area contributed by atoms with Crippen LogP contribution in [-0.4, -0.2) is 35.8 Å². The first-order chi connectivity index (χ1) is 16.6. The first-order valence-electron chi connectivity index (χ1n) is 12.9. The van der Waals surface area contributed by atoms with E-state index in [0.717, 1.165) is 48.4 Å². The second-order valence-electron chi connectivity index (χ2n) is 10.9. The summed E-state index contributed by atoms with van der Waals surface area (Å²) < 4.78 is 2.03. The van der Waals surface area contributed by atoms with Crippen molar-refractivity contribution < 1.29 is 4.79 Å². The maximum absolute atomic E-state index is 13.9. The van der Waals surface area contributed by atoms with Gasteiger partial charge in [0.2, 0.25) is 0 Å². The van der Waals surface area contributed by atoms with Gasteiger partial charge in [0.15, 0.2) is 0 Å². The summed E-state index contributed by atoms with van der Waals surface area (Å²) >= 11 is 0. The van der Waals surface area contributed by atoms with Gasteiger partial charge in [-0.1, -0.05) is 50.3 Å². The number of rotatable bonds is 7. The van der Waals surface area contributed by atoms with Crippen molar-refractivity contribution in [1.82, 2.24) is 15.1 Å². The summed E-state index contributed by atoms with van der Waals surface area (Å²) in [5, 5.41) is 12.0. The Bertz CT molecular complexity index is 1120. The van der Waals surface area contributed by atoms with E-state index in [1.165, 1.54) is 0 Å². The number of aromatic nitrogens is 2. The topological polar surface area (TPSA) is 62.2 Å². The molecule has 2 heterocycles. The molecular weight excluding hydrogens is 434 g/mol. The Balaban J connectivity index is 1.67. The molecule has 0 saturated carbocycles. The van der Waals surface area contributed by atoms with Gasteiger partial charge in [-0.2, -0.15) is 5.10 Å². The third kappa shape index (κ3) is 4.63. The fourth-order valence-corrected chi connectivity index (χ4v) is 5.64. The molecule has 0 fully saturated rings. The second-order valence-corrected chi connectivity index (χ2v) is 10.9. The van der Waals surface area contributed by atoms with Crippen molar-refractivity contribution in [2.45, 2.75) is 77.4 Å². The van der Waals surface area contributed by atoms with Crippen LogP contribution in [0.15, 0.2) is 48.6 Å².